The van der Waals surface area contributed by atoms with Gasteiger partial charge in [-0.05, 0) is 24.1 Å². The van der Waals surface area contributed by atoms with Gasteiger partial charge >= 0.3 is 0 Å². The van der Waals surface area contributed by atoms with Crippen LogP contribution in [0, 0.1) is 0 Å². The molecule has 1 aromatic heterocycles. The van der Waals surface area contributed by atoms with Gasteiger partial charge in [0.1, 0.15) is 5.82 Å². The van der Waals surface area contributed by atoms with E-state index in [2.05, 4.69) is 17.1 Å². The Bertz CT molecular complexity index is 836. The summed E-state index contributed by atoms with van der Waals surface area (Å²) in [5, 5.41) is 0.707. The minimum atomic E-state index is 0.0805. The molecular formula is C17H14N2O. The largest absolute Gasteiger partial charge is 0.288 e. The molecule has 0 spiro atoms. The van der Waals surface area contributed by atoms with Gasteiger partial charge in [-0.3, -0.25) is 9.36 Å². The summed E-state index contributed by atoms with van der Waals surface area (Å²) in [7, 11) is 0. The Balaban J connectivity index is 1.98. The van der Waals surface area contributed by atoms with Crippen LogP contribution in [-0.2, 0) is 6.42 Å². The molecule has 0 aliphatic carbocycles. The fourth-order valence-electron chi connectivity index (χ4n) is 3.08. The van der Waals surface area contributed by atoms with E-state index in [-0.39, 0.29) is 11.6 Å². The molecule has 0 bridgehead atoms. The van der Waals surface area contributed by atoms with E-state index < -0.39 is 0 Å². The standard InChI is InChI=1S/C17H14N2O/c20-17-13-8-4-5-9-14(13)18-16-11-10-15(19(16)17)12-6-2-1-3-7-12/h1-9,15H,10-11H2. The normalized spacial score (nSPS) is 17.3. The Labute approximate surface area is 116 Å². The minimum Gasteiger partial charge on any atom is -0.288 e. The quantitative estimate of drug-likeness (QED) is 0.676. The number of benzene rings is 2. The molecule has 20 heavy (non-hydrogen) atoms. The first-order valence-electron chi connectivity index (χ1n) is 6.90. The van der Waals surface area contributed by atoms with Gasteiger partial charge in [0.25, 0.3) is 5.56 Å². The molecule has 1 aliphatic heterocycles. The number of rotatable bonds is 1. The highest BCUT2D eigenvalue weighted by atomic mass is 16.1. The second-order valence-electron chi connectivity index (χ2n) is 5.19. The van der Waals surface area contributed by atoms with Crippen LogP contribution in [0.2, 0.25) is 0 Å². The van der Waals surface area contributed by atoms with E-state index in [0.29, 0.717) is 5.39 Å². The number of aromatic nitrogens is 2. The van der Waals surface area contributed by atoms with Crippen molar-refractivity contribution in [2.45, 2.75) is 18.9 Å². The molecule has 98 valence electrons. The zero-order chi connectivity index (χ0) is 13.5. The summed E-state index contributed by atoms with van der Waals surface area (Å²) in [6.45, 7) is 0. The van der Waals surface area contributed by atoms with Crippen LogP contribution < -0.4 is 5.56 Å². The monoisotopic (exact) mass is 262 g/mol. The molecule has 4 rings (SSSR count). The summed E-state index contributed by atoms with van der Waals surface area (Å²) in [5.41, 5.74) is 2.07. The second-order valence-corrected chi connectivity index (χ2v) is 5.19. The maximum atomic E-state index is 12.7. The summed E-state index contributed by atoms with van der Waals surface area (Å²) in [6, 6.07) is 17.9. The van der Waals surface area contributed by atoms with Crippen molar-refractivity contribution in [3.63, 3.8) is 0 Å². The number of hydrogen-bond donors (Lipinski definition) is 0. The van der Waals surface area contributed by atoms with Crippen LogP contribution in [-0.4, -0.2) is 9.55 Å². The van der Waals surface area contributed by atoms with E-state index in [1.54, 1.807) is 0 Å². The predicted octanol–water partition coefficient (Wildman–Crippen LogP) is 2.93. The molecule has 0 amide bonds. The second kappa shape index (κ2) is 4.30. The molecule has 1 aliphatic rings. The van der Waals surface area contributed by atoms with Gasteiger partial charge in [-0.1, -0.05) is 42.5 Å². The molecule has 0 N–H and O–H groups in total. The lowest BCUT2D eigenvalue weighted by atomic mass is 10.1. The van der Waals surface area contributed by atoms with Gasteiger partial charge in [0.2, 0.25) is 0 Å². The van der Waals surface area contributed by atoms with Gasteiger partial charge < -0.3 is 0 Å². The van der Waals surface area contributed by atoms with Crippen molar-refractivity contribution in [3.8, 4) is 0 Å². The maximum absolute atomic E-state index is 12.7. The van der Waals surface area contributed by atoms with Gasteiger partial charge in [0.05, 0.1) is 16.9 Å². The molecule has 0 saturated heterocycles. The highest BCUT2D eigenvalue weighted by molar-refractivity contribution is 5.77. The van der Waals surface area contributed by atoms with Crippen molar-refractivity contribution < 1.29 is 0 Å². The zero-order valence-corrected chi connectivity index (χ0v) is 11.0. The Morgan fingerprint density at radius 3 is 2.60 bits per heavy atom. The first kappa shape index (κ1) is 11.4. The van der Waals surface area contributed by atoms with Crippen LogP contribution in [0.15, 0.2) is 59.4 Å². The summed E-state index contributed by atoms with van der Waals surface area (Å²) in [4.78, 5) is 17.4. The van der Waals surface area contributed by atoms with Crippen molar-refractivity contribution in [2.24, 2.45) is 0 Å². The number of para-hydroxylation sites is 1. The summed E-state index contributed by atoms with van der Waals surface area (Å²) < 4.78 is 1.87. The summed E-state index contributed by atoms with van der Waals surface area (Å²) in [6.07, 6.45) is 1.81. The van der Waals surface area contributed by atoms with E-state index in [1.165, 1.54) is 5.56 Å². The topological polar surface area (TPSA) is 34.9 Å². The van der Waals surface area contributed by atoms with Crippen LogP contribution in [0.4, 0.5) is 0 Å². The molecule has 1 atom stereocenters. The molecule has 3 aromatic rings. The lowest BCUT2D eigenvalue weighted by molar-refractivity contribution is 0.601. The van der Waals surface area contributed by atoms with E-state index in [0.717, 1.165) is 24.2 Å². The Kier molecular flexibility index (Phi) is 2.46. The van der Waals surface area contributed by atoms with Gasteiger partial charge in [-0.2, -0.15) is 0 Å². The van der Waals surface area contributed by atoms with Crippen LogP contribution in [0.3, 0.4) is 0 Å². The molecule has 0 saturated carbocycles. The van der Waals surface area contributed by atoms with Gasteiger partial charge in [0.15, 0.2) is 0 Å². The van der Waals surface area contributed by atoms with Gasteiger partial charge in [-0.25, -0.2) is 4.98 Å². The average Bonchev–Trinajstić information content (AvgIpc) is 2.92. The number of hydrogen-bond acceptors (Lipinski definition) is 2. The molecule has 2 heterocycles. The van der Waals surface area contributed by atoms with E-state index in [9.17, 15) is 4.79 Å². The third-order valence-corrected chi connectivity index (χ3v) is 4.02. The van der Waals surface area contributed by atoms with Crippen molar-refractivity contribution in [2.75, 3.05) is 0 Å². The Morgan fingerprint density at radius 1 is 1.00 bits per heavy atom. The van der Waals surface area contributed by atoms with Crippen molar-refractivity contribution in [1.29, 1.82) is 0 Å². The van der Waals surface area contributed by atoms with Gasteiger partial charge in [0, 0.05) is 6.42 Å². The number of fused-ring (bicyclic) bond motifs is 2. The third kappa shape index (κ3) is 1.59. The van der Waals surface area contributed by atoms with Crippen molar-refractivity contribution in [3.05, 3.63) is 76.3 Å². The molecular weight excluding hydrogens is 248 g/mol. The number of aryl methyl sites for hydroxylation is 1. The summed E-state index contributed by atoms with van der Waals surface area (Å²) in [5.74, 6) is 0.905. The van der Waals surface area contributed by atoms with Crippen molar-refractivity contribution >= 4 is 10.9 Å². The first-order valence-corrected chi connectivity index (χ1v) is 6.90. The number of nitrogens with zero attached hydrogens (tertiary/aromatic N) is 2. The first-order chi connectivity index (χ1) is 9.84. The van der Waals surface area contributed by atoms with Crippen molar-refractivity contribution in [1.82, 2.24) is 9.55 Å². The third-order valence-electron chi connectivity index (χ3n) is 4.02. The smallest absolute Gasteiger partial charge is 0.261 e. The highest BCUT2D eigenvalue weighted by Gasteiger charge is 2.26. The maximum Gasteiger partial charge on any atom is 0.261 e. The molecule has 1 unspecified atom stereocenters. The lowest BCUT2D eigenvalue weighted by Gasteiger charge is -2.15. The fraction of sp³-hybridized carbons (Fsp3) is 0.176. The molecule has 3 nitrogen and oxygen atoms in total. The SMILES string of the molecule is O=c1c2ccccc2nc2n1C(c1ccccc1)CC2. The Morgan fingerprint density at radius 2 is 1.75 bits per heavy atom. The van der Waals surface area contributed by atoms with E-state index in [1.807, 2.05) is 47.0 Å². The van der Waals surface area contributed by atoms with Crippen LogP contribution >= 0.6 is 0 Å². The minimum absolute atomic E-state index is 0.0805. The summed E-state index contributed by atoms with van der Waals surface area (Å²) >= 11 is 0. The molecule has 2 aromatic carbocycles. The average molecular weight is 262 g/mol. The van der Waals surface area contributed by atoms with Crippen LogP contribution in [0.25, 0.3) is 10.9 Å². The Hall–Kier alpha value is -2.42. The molecule has 3 heteroatoms. The highest BCUT2D eigenvalue weighted by Crippen LogP contribution is 2.29. The fourth-order valence-corrected chi connectivity index (χ4v) is 3.08. The van der Waals surface area contributed by atoms with Crippen LogP contribution in [0.1, 0.15) is 23.9 Å². The molecule has 0 radical (unpaired) electrons. The van der Waals surface area contributed by atoms with E-state index in [4.69, 9.17) is 0 Å². The molecule has 0 fully saturated rings. The predicted molar refractivity (Wildman–Crippen MR) is 78.9 cm³/mol. The van der Waals surface area contributed by atoms with Gasteiger partial charge in [-0.15, -0.1) is 0 Å². The van der Waals surface area contributed by atoms with E-state index >= 15 is 0 Å². The van der Waals surface area contributed by atoms with Crippen LogP contribution in [0.5, 0.6) is 0 Å². The zero-order valence-electron chi connectivity index (χ0n) is 11.0. The lowest BCUT2D eigenvalue weighted by Crippen LogP contribution is -2.24.